The SMILES string of the molecule is O=C([O-])CCC(O)c1ccc(OCc2ccc(Br)cc2)cc1.[Li+]. The number of rotatable bonds is 7. The van der Waals surface area contributed by atoms with Crippen LogP contribution in [-0.2, 0) is 11.4 Å². The Morgan fingerprint density at radius 3 is 2.30 bits per heavy atom. The zero-order valence-electron chi connectivity index (χ0n) is 12.9. The standard InChI is InChI=1S/C17H17BrO4.Li/c18-14-5-1-12(2-6-14)11-22-15-7-3-13(4-8-15)16(19)9-10-17(20)21;/h1-8,16,19H,9-11H2,(H,20,21);/q;+1/p-1. The summed E-state index contributed by atoms with van der Waals surface area (Å²) in [5, 5.41) is 20.2. The summed E-state index contributed by atoms with van der Waals surface area (Å²) in [6.07, 6.45) is -0.830. The van der Waals surface area contributed by atoms with E-state index in [0.29, 0.717) is 17.9 Å². The Bertz CT molecular complexity index is 613. The zero-order chi connectivity index (χ0) is 15.9. The van der Waals surface area contributed by atoms with Gasteiger partial charge in [-0.1, -0.05) is 40.2 Å². The van der Waals surface area contributed by atoms with E-state index in [-0.39, 0.29) is 31.7 Å². The predicted molar refractivity (Wildman–Crippen MR) is 84.1 cm³/mol. The summed E-state index contributed by atoms with van der Waals surface area (Å²) in [6.45, 7) is 0.458. The molecule has 2 rings (SSSR count). The van der Waals surface area contributed by atoms with Crippen molar-refractivity contribution in [2.24, 2.45) is 0 Å². The molecule has 0 spiro atoms. The first-order valence-electron chi connectivity index (χ1n) is 6.89. The third-order valence-corrected chi connectivity index (χ3v) is 3.73. The average Bonchev–Trinajstić information content (AvgIpc) is 2.52. The van der Waals surface area contributed by atoms with Crippen LogP contribution in [0.25, 0.3) is 0 Å². The molecule has 0 amide bonds. The van der Waals surface area contributed by atoms with Crippen LogP contribution in [0.2, 0.25) is 0 Å². The summed E-state index contributed by atoms with van der Waals surface area (Å²) in [4.78, 5) is 10.4. The van der Waals surface area contributed by atoms with Crippen molar-refractivity contribution in [2.75, 3.05) is 0 Å². The smallest absolute Gasteiger partial charge is 0.550 e. The van der Waals surface area contributed by atoms with Gasteiger partial charge in [-0.3, -0.25) is 0 Å². The summed E-state index contributed by atoms with van der Waals surface area (Å²) in [5.74, 6) is -0.465. The van der Waals surface area contributed by atoms with E-state index < -0.39 is 12.1 Å². The van der Waals surface area contributed by atoms with Crippen LogP contribution in [0.1, 0.15) is 30.1 Å². The first-order valence-corrected chi connectivity index (χ1v) is 7.69. The van der Waals surface area contributed by atoms with Gasteiger partial charge in [-0.15, -0.1) is 0 Å². The number of hydrogen-bond donors (Lipinski definition) is 1. The molecule has 23 heavy (non-hydrogen) atoms. The number of aliphatic carboxylic acids is 1. The van der Waals surface area contributed by atoms with Gasteiger partial charge in [-0.2, -0.15) is 0 Å². The van der Waals surface area contributed by atoms with E-state index >= 15 is 0 Å². The summed E-state index contributed by atoms with van der Waals surface area (Å²) < 4.78 is 6.68. The van der Waals surface area contributed by atoms with Crippen LogP contribution in [0.3, 0.4) is 0 Å². The molecule has 1 N–H and O–H groups in total. The van der Waals surface area contributed by atoms with E-state index in [2.05, 4.69) is 15.9 Å². The third-order valence-electron chi connectivity index (χ3n) is 3.21. The zero-order valence-corrected chi connectivity index (χ0v) is 14.5. The quantitative estimate of drug-likeness (QED) is 0.673. The number of aliphatic hydroxyl groups excluding tert-OH is 1. The second-order valence-corrected chi connectivity index (χ2v) is 5.83. The monoisotopic (exact) mass is 370 g/mol. The molecule has 0 aliphatic rings. The molecule has 2 aromatic rings. The van der Waals surface area contributed by atoms with Gasteiger partial charge in [0.1, 0.15) is 12.4 Å². The molecule has 0 bridgehead atoms. The summed E-state index contributed by atoms with van der Waals surface area (Å²) in [6, 6.07) is 14.8. The Morgan fingerprint density at radius 1 is 1.13 bits per heavy atom. The molecule has 0 aromatic heterocycles. The van der Waals surface area contributed by atoms with Gasteiger partial charge >= 0.3 is 18.9 Å². The van der Waals surface area contributed by atoms with Crippen LogP contribution < -0.4 is 28.7 Å². The minimum atomic E-state index is -1.16. The van der Waals surface area contributed by atoms with E-state index in [9.17, 15) is 15.0 Å². The molecule has 0 radical (unpaired) electrons. The van der Waals surface area contributed by atoms with E-state index in [4.69, 9.17) is 4.74 Å². The first-order chi connectivity index (χ1) is 10.5. The molecule has 2 aromatic carbocycles. The topological polar surface area (TPSA) is 69.6 Å². The number of hydrogen-bond acceptors (Lipinski definition) is 4. The van der Waals surface area contributed by atoms with Gasteiger partial charge in [0.2, 0.25) is 0 Å². The van der Waals surface area contributed by atoms with Crippen molar-refractivity contribution in [3.63, 3.8) is 0 Å². The molecule has 4 nitrogen and oxygen atoms in total. The molecule has 0 heterocycles. The van der Waals surface area contributed by atoms with E-state index in [1.54, 1.807) is 24.3 Å². The van der Waals surface area contributed by atoms with Crippen LogP contribution in [0, 0.1) is 0 Å². The fourth-order valence-corrected chi connectivity index (χ4v) is 2.22. The second-order valence-electron chi connectivity index (χ2n) is 4.91. The predicted octanol–water partition coefficient (Wildman–Crippen LogP) is -0.404. The van der Waals surface area contributed by atoms with Gasteiger partial charge in [0.15, 0.2) is 0 Å². The van der Waals surface area contributed by atoms with Crippen molar-refractivity contribution in [1.29, 1.82) is 0 Å². The largest absolute Gasteiger partial charge is 1.00 e. The third kappa shape index (κ3) is 6.80. The molecule has 1 unspecified atom stereocenters. The van der Waals surface area contributed by atoms with Crippen LogP contribution in [0.5, 0.6) is 5.75 Å². The maximum absolute atomic E-state index is 10.4. The van der Waals surface area contributed by atoms with Crippen molar-refractivity contribution in [1.82, 2.24) is 0 Å². The number of aliphatic hydroxyl groups is 1. The van der Waals surface area contributed by atoms with Gasteiger partial charge in [0.25, 0.3) is 0 Å². The molecule has 0 fully saturated rings. The molecular formula is C17H16BrLiO4. The van der Waals surface area contributed by atoms with E-state index in [1.165, 1.54) is 0 Å². The minimum Gasteiger partial charge on any atom is -0.550 e. The Hall–Kier alpha value is -1.25. The molecule has 0 saturated heterocycles. The fourth-order valence-electron chi connectivity index (χ4n) is 1.95. The van der Waals surface area contributed by atoms with Gasteiger partial charge in [0.05, 0.1) is 6.10 Å². The average molecular weight is 371 g/mol. The minimum absolute atomic E-state index is 0. The molecule has 1 atom stereocenters. The number of carbonyl (C=O) groups excluding carboxylic acids is 1. The molecule has 0 aliphatic heterocycles. The summed E-state index contributed by atoms with van der Waals surface area (Å²) in [7, 11) is 0. The molecular weight excluding hydrogens is 355 g/mol. The maximum atomic E-state index is 10.4. The van der Waals surface area contributed by atoms with Crippen molar-refractivity contribution < 1.29 is 38.6 Å². The fraction of sp³-hybridized carbons (Fsp3) is 0.235. The van der Waals surface area contributed by atoms with Gasteiger partial charge in [-0.05, 0) is 48.2 Å². The Kier molecular flexibility index (Phi) is 8.43. The van der Waals surface area contributed by atoms with Crippen LogP contribution in [0.15, 0.2) is 53.0 Å². The number of carboxylic acids is 1. The Balaban J connectivity index is 0.00000264. The van der Waals surface area contributed by atoms with Crippen LogP contribution in [-0.4, -0.2) is 11.1 Å². The number of carbonyl (C=O) groups is 1. The van der Waals surface area contributed by atoms with Crippen LogP contribution >= 0.6 is 15.9 Å². The summed E-state index contributed by atoms with van der Waals surface area (Å²) >= 11 is 3.38. The normalized spacial score (nSPS) is 11.4. The van der Waals surface area contributed by atoms with Crippen molar-refractivity contribution in [3.8, 4) is 5.75 Å². The number of ether oxygens (including phenoxy) is 1. The number of halogens is 1. The number of carboxylic acid groups (broad SMARTS) is 1. The van der Waals surface area contributed by atoms with Crippen molar-refractivity contribution in [3.05, 3.63) is 64.1 Å². The van der Waals surface area contributed by atoms with Crippen LogP contribution in [0.4, 0.5) is 0 Å². The van der Waals surface area contributed by atoms with Gasteiger partial charge < -0.3 is 19.7 Å². The van der Waals surface area contributed by atoms with Crippen molar-refractivity contribution in [2.45, 2.75) is 25.6 Å². The molecule has 0 saturated carbocycles. The van der Waals surface area contributed by atoms with E-state index in [0.717, 1.165) is 10.0 Å². The first kappa shape index (κ1) is 19.8. The molecule has 116 valence electrons. The van der Waals surface area contributed by atoms with Gasteiger partial charge in [0, 0.05) is 10.4 Å². The Labute approximate surface area is 155 Å². The molecule has 6 heteroatoms. The maximum Gasteiger partial charge on any atom is 1.00 e. The second kappa shape index (κ2) is 9.79. The molecule has 0 aliphatic carbocycles. The Morgan fingerprint density at radius 2 is 1.74 bits per heavy atom. The van der Waals surface area contributed by atoms with Crippen molar-refractivity contribution >= 4 is 21.9 Å². The van der Waals surface area contributed by atoms with Gasteiger partial charge in [-0.25, -0.2) is 0 Å². The number of benzene rings is 2. The van der Waals surface area contributed by atoms with E-state index in [1.807, 2.05) is 24.3 Å². The summed E-state index contributed by atoms with van der Waals surface area (Å²) in [5.41, 5.74) is 1.72.